The quantitative estimate of drug-likeness (QED) is 0.695. The van der Waals surface area contributed by atoms with Gasteiger partial charge in [-0.05, 0) is 30.1 Å². The van der Waals surface area contributed by atoms with E-state index in [-0.39, 0.29) is 12.0 Å². The number of thioether (sulfide) groups is 1. The van der Waals surface area contributed by atoms with Crippen LogP contribution in [0.5, 0.6) is 5.75 Å². The maximum Gasteiger partial charge on any atom is 0.312 e. The molecule has 2 atom stereocenters. The third-order valence-corrected chi connectivity index (χ3v) is 4.11. The van der Waals surface area contributed by atoms with Gasteiger partial charge >= 0.3 is 6.03 Å². The van der Waals surface area contributed by atoms with Crippen molar-refractivity contribution in [3.05, 3.63) is 29.8 Å². The number of amides is 3. The molecular weight excluding hydrogens is 302 g/mol. The Kier molecular flexibility index (Phi) is 5.94. The number of ether oxygens (including phenoxy) is 1. The van der Waals surface area contributed by atoms with Crippen molar-refractivity contribution in [2.45, 2.75) is 25.0 Å². The molecule has 1 aliphatic heterocycles. The Bertz CT molecular complexity index is 514. The first-order chi connectivity index (χ1) is 10.6. The molecule has 0 radical (unpaired) electrons. The number of benzene rings is 1. The largest absolute Gasteiger partial charge is 0.488 e. The van der Waals surface area contributed by atoms with E-state index in [0.717, 1.165) is 23.5 Å². The third kappa shape index (κ3) is 4.56. The summed E-state index contributed by atoms with van der Waals surface area (Å²) < 4.78 is 5.77. The van der Waals surface area contributed by atoms with Crippen LogP contribution in [0.15, 0.2) is 24.3 Å². The van der Waals surface area contributed by atoms with Gasteiger partial charge < -0.3 is 21.1 Å². The molecule has 22 heavy (non-hydrogen) atoms. The molecule has 0 bridgehead atoms. The fraction of sp³-hybridized carbons (Fsp3) is 0.467. The molecule has 0 aromatic heterocycles. The lowest BCUT2D eigenvalue weighted by atomic mass is 10.1. The maximum atomic E-state index is 12.2. The molecule has 7 heteroatoms. The molecule has 0 spiro atoms. The van der Waals surface area contributed by atoms with E-state index in [1.807, 2.05) is 30.5 Å². The van der Waals surface area contributed by atoms with Crippen LogP contribution in [0.2, 0.25) is 0 Å². The summed E-state index contributed by atoms with van der Waals surface area (Å²) >= 11 is 1.61. The van der Waals surface area contributed by atoms with E-state index >= 15 is 0 Å². The SMILES string of the molecule is CSCC[C@@H](NC(N)=O)C(=O)NC[C@@H]1Cc2ccccc2O1. The minimum absolute atomic E-state index is 0.0730. The summed E-state index contributed by atoms with van der Waals surface area (Å²) in [5.41, 5.74) is 6.27. The molecule has 1 aromatic carbocycles. The fourth-order valence-electron chi connectivity index (χ4n) is 2.38. The highest BCUT2D eigenvalue weighted by atomic mass is 32.2. The molecule has 0 aliphatic carbocycles. The number of fused-ring (bicyclic) bond motifs is 1. The highest BCUT2D eigenvalue weighted by Crippen LogP contribution is 2.27. The number of urea groups is 1. The van der Waals surface area contributed by atoms with E-state index < -0.39 is 12.1 Å². The second-order valence-electron chi connectivity index (χ2n) is 5.14. The Morgan fingerprint density at radius 2 is 2.23 bits per heavy atom. The summed E-state index contributed by atoms with van der Waals surface area (Å²) in [5, 5.41) is 5.31. The number of hydrogen-bond acceptors (Lipinski definition) is 4. The van der Waals surface area contributed by atoms with Crippen molar-refractivity contribution in [3.63, 3.8) is 0 Å². The van der Waals surface area contributed by atoms with Crippen molar-refractivity contribution in [1.29, 1.82) is 0 Å². The third-order valence-electron chi connectivity index (χ3n) is 3.46. The average Bonchev–Trinajstić information content (AvgIpc) is 2.91. The average molecular weight is 323 g/mol. The number of carbonyl (C=O) groups is 2. The summed E-state index contributed by atoms with van der Waals surface area (Å²) in [7, 11) is 0. The molecule has 0 fully saturated rings. The van der Waals surface area contributed by atoms with Crippen molar-refractivity contribution >= 4 is 23.7 Å². The predicted molar refractivity (Wildman–Crippen MR) is 87.1 cm³/mol. The van der Waals surface area contributed by atoms with Crippen LogP contribution in [-0.4, -0.2) is 42.6 Å². The lowest BCUT2D eigenvalue weighted by Crippen LogP contribution is -2.50. The topological polar surface area (TPSA) is 93.5 Å². The van der Waals surface area contributed by atoms with Crippen LogP contribution in [0.4, 0.5) is 4.79 Å². The van der Waals surface area contributed by atoms with Gasteiger partial charge in [-0.2, -0.15) is 11.8 Å². The van der Waals surface area contributed by atoms with Crippen molar-refractivity contribution in [1.82, 2.24) is 10.6 Å². The molecule has 1 aliphatic rings. The van der Waals surface area contributed by atoms with Crippen LogP contribution in [0.3, 0.4) is 0 Å². The lowest BCUT2D eigenvalue weighted by Gasteiger charge is -2.18. The summed E-state index contributed by atoms with van der Waals surface area (Å²) in [6, 6.07) is 6.55. The number of para-hydroxylation sites is 1. The van der Waals surface area contributed by atoms with Gasteiger partial charge in [0.15, 0.2) is 0 Å². The molecule has 0 saturated heterocycles. The van der Waals surface area contributed by atoms with E-state index in [1.54, 1.807) is 11.8 Å². The number of nitrogens with two attached hydrogens (primary N) is 1. The number of hydrogen-bond donors (Lipinski definition) is 3. The van der Waals surface area contributed by atoms with Crippen molar-refractivity contribution < 1.29 is 14.3 Å². The minimum atomic E-state index is -0.689. The maximum absolute atomic E-state index is 12.2. The van der Waals surface area contributed by atoms with Gasteiger partial charge in [-0.3, -0.25) is 4.79 Å². The summed E-state index contributed by atoms with van der Waals surface area (Å²) in [6.45, 7) is 0.406. The van der Waals surface area contributed by atoms with Gasteiger partial charge in [0.05, 0.1) is 6.54 Å². The Hall–Kier alpha value is -1.89. The zero-order valence-corrected chi connectivity index (χ0v) is 13.3. The highest BCUT2D eigenvalue weighted by Gasteiger charge is 2.25. The number of nitrogens with one attached hydrogen (secondary N) is 2. The van der Waals surface area contributed by atoms with Gasteiger partial charge in [0, 0.05) is 6.42 Å². The van der Waals surface area contributed by atoms with Crippen molar-refractivity contribution in [2.75, 3.05) is 18.6 Å². The first-order valence-electron chi connectivity index (χ1n) is 7.17. The molecule has 2 rings (SSSR count). The normalized spacial score (nSPS) is 17.2. The van der Waals surface area contributed by atoms with Crippen LogP contribution in [0.25, 0.3) is 0 Å². The van der Waals surface area contributed by atoms with Crippen LogP contribution in [-0.2, 0) is 11.2 Å². The van der Waals surface area contributed by atoms with Gasteiger partial charge in [0.2, 0.25) is 5.91 Å². The summed E-state index contributed by atoms with van der Waals surface area (Å²) in [6.07, 6.45) is 3.19. The molecule has 1 heterocycles. The minimum Gasteiger partial charge on any atom is -0.488 e. The van der Waals surface area contributed by atoms with Gasteiger partial charge in [-0.15, -0.1) is 0 Å². The number of rotatable bonds is 7. The Morgan fingerprint density at radius 3 is 2.91 bits per heavy atom. The van der Waals surface area contributed by atoms with Gasteiger partial charge in [0.25, 0.3) is 0 Å². The van der Waals surface area contributed by atoms with Crippen molar-refractivity contribution in [3.8, 4) is 5.75 Å². The standard InChI is InChI=1S/C15H21N3O3S/c1-22-7-6-12(18-15(16)20)14(19)17-9-11-8-10-4-2-3-5-13(10)21-11/h2-5,11-12H,6-9H2,1H3,(H,17,19)(H3,16,18,20)/t11-,12+/m0/s1. The van der Waals surface area contributed by atoms with E-state index in [0.29, 0.717) is 13.0 Å². The molecule has 0 saturated carbocycles. The molecule has 6 nitrogen and oxygen atoms in total. The predicted octanol–water partition coefficient (Wildman–Crippen LogP) is 0.896. The van der Waals surface area contributed by atoms with Gasteiger partial charge in [-0.1, -0.05) is 18.2 Å². The molecule has 3 amide bonds. The zero-order chi connectivity index (χ0) is 15.9. The molecule has 0 unspecified atom stereocenters. The van der Waals surface area contributed by atoms with E-state index in [9.17, 15) is 9.59 Å². The van der Waals surface area contributed by atoms with Crippen LogP contribution in [0.1, 0.15) is 12.0 Å². The highest BCUT2D eigenvalue weighted by molar-refractivity contribution is 7.98. The molecule has 4 N–H and O–H groups in total. The Balaban J connectivity index is 1.82. The van der Waals surface area contributed by atoms with E-state index in [4.69, 9.17) is 10.5 Å². The van der Waals surface area contributed by atoms with E-state index in [2.05, 4.69) is 10.6 Å². The van der Waals surface area contributed by atoms with E-state index in [1.165, 1.54) is 0 Å². The van der Waals surface area contributed by atoms with Crippen LogP contribution in [0, 0.1) is 0 Å². The first-order valence-corrected chi connectivity index (χ1v) is 8.56. The monoisotopic (exact) mass is 323 g/mol. The summed E-state index contributed by atoms with van der Waals surface area (Å²) in [5.74, 6) is 1.41. The first kappa shape index (κ1) is 16.5. The molecule has 1 aromatic rings. The smallest absolute Gasteiger partial charge is 0.312 e. The molecule has 120 valence electrons. The number of carbonyl (C=O) groups excluding carboxylic acids is 2. The molecular formula is C15H21N3O3S. The van der Waals surface area contributed by atoms with Crippen LogP contribution >= 0.6 is 11.8 Å². The summed E-state index contributed by atoms with van der Waals surface area (Å²) in [4.78, 5) is 23.2. The van der Waals surface area contributed by atoms with Crippen LogP contribution < -0.4 is 21.1 Å². The second kappa shape index (κ2) is 7.93. The van der Waals surface area contributed by atoms with Crippen molar-refractivity contribution in [2.24, 2.45) is 5.73 Å². The zero-order valence-electron chi connectivity index (χ0n) is 12.5. The van der Waals surface area contributed by atoms with Gasteiger partial charge in [-0.25, -0.2) is 4.79 Å². The Labute approximate surface area is 134 Å². The van der Waals surface area contributed by atoms with Gasteiger partial charge in [0.1, 0.15) is 17.9 Å². The Morgan fingerprint density at radius 1 is 1.45 bits per heavy atom. The lowest BCUT2D eigenvalue weighted by molar-refractivity contribution is -0.123. The second-order valence-corrected chi connectivity index (χ2v) is 6.13. The fourth-order valence-corrected chi connectivity index (χ4v) is 2.85. The number of primary amides is 1.